The molecular weight excluding hydrogens is 288 g/mol. The number of halogens is 1. The van der Waals surface area contributed by atoms with E-state index in [1.165, 1.54) is 11.1 Å². The molecule has 0 aliphatic carbocycles. The highest BCUT2D eigenvalue weighted by Gasteiger charge is 2.11. The molecule has 0 fully saturated rings. The number of nitrogens with two attached hydrogens (primary N) is 1. The maximum absolute atomic E-state index is 5.85. The molecule has 0 aliphatic rings. The van der Waals surface area contributed by atoms with Crippen LogP contribution in [0.5, 0.6) is 0 Å². The van der Waals surface area contributed by atoms with E-state index in [0.717, 1.165) is 11.0 Å². The van der Waals surface area contributed by atoms with Crippen molar-refractivity contribution in [1.29, 1.82) is 0 Å². The minimum Gasteiger partial charge on any atom is -0.329 e. The molecular formula is C15H17BrN2. The van der Waals surface area contributed by atoms with Gasteiger partial charge in [-0.2, -0.15) is 0 Å². The monoisotopic (exact) mass is 304 g/mol. The van der Waals surface area contributed by atoms with E-state index in [9.17, 15) is 0 Å². The molecule has 2 nitrogen and oxygen atoms in total. The molecule has 0 aliphatic heterocycles. The van der Waals surface area contributed by atoms with Crippen LogP contribution in [0.4, 0.5) is 0 Å². The molecule has 2 rings (SSSR count). The zero-order valence-electron chi connectivity index (χ0n) is 10.1. The van der Waals surface area contributed by atoms with Gasteiger partial charge in [-0.1, -0.05) is 64.5 Å². The molecule has 3 heteroatoms. The van der Waals surface area contributed by atoms with Gasteiger partial charge < -0.3 is 11.1 Å². The molecule has 18 heavy (non-hydrogen) atoms. The summed E-state index contributed by atoms with van der Waals surface area (Å²) in [6.45, 7) is 1.40. The van der Waals surface area contributed by atoms with Crippen molar-refractivity contribution >= 4 is 15.9 Å². The first-order chi connectivity index (χ1) is 8.81. The van der Waals surface area contributed by atoms with Crippen molar-refractivity contribution in [3.63, 3.8) is 0 Å². The molecule has 0 spiro atoms. The molecule has 0 saturated heterocycles. The highest BCUT2D eigenvalue weighted by Crippen LogP contribution is 2.22. The number of hydrogen-bond acceptors (Lipinski definition) is 2. The van der Waals surface area contributed by atoms with E-state index in [1.807, 2.05) is 36.4 Å². The molecule has 1 unspecified atom stereocenters. The van der Waals surface area contributed by atoms with Gasteiger partial charge in [0.05, 0.1) is 0 Å². The van der Waals surface area contributed by atoms with Crippen molar-refractivity contribution in [3.8, 4) is 0 Å². The molecule has 2 aromatic rings. The summed E-state index contributed by atoms with van der Waals surface area (Å²) in [4.78, 5) is 0. The van der Waals surface area contributed by atoms with Crippen LogP contribution in [0.25, 0.3) is 0 Å². The van der Waals surface area contributed by atoms with Crippen molar-refractivity contribution in [1.82, 2.24) is 5.32 Å². The third-order valence-corrected chi connectivity index (χ3v) is 3.63. The molecule has 94 valence electrons. The Morgan fingerprint density at radius 2 is 1.67 bits per heavy atom. The minimum atomic E-state index is 0.167. The Morgan fingerprint density at radius 3 is 2.33 bits per heavy atom. The highest BCUT2D eigenvalue weighted by molar-refractivity contribution is 9.10. The molecule has 1 atom stereocenters. The Bertz CT molecular complexity index is 485. The van der Waals surface area contributed by atoms with E-state index >= 15 is 0 Å². The zero-order chi connectivity index (χ0) is 12.8. The largest absolute Gasteiger partial charge is 0.329 e. The summed E-state index contributed by atoms with van der Waals surface area (Å²) >= 11 is 3.57. The predicted octanol–water partition coefficient (Wildman–Crippen LogP) is 3.24. The number of hydrogen-bond donors (Lipinski definition) is 2. The lowest BCUT2D eigenvalue weighted by atomic mass is 10.1. The van der Waals surface area contributed by atoms with Crippen molar-refractivity contribution in [2.24, 2.45) is 5.73 Å². The van der Waals surface area contributed by atoms with Crippen molar-refractivity contribution in [2.45, 2.75) is 12.6 Å². The average molecular weight is 305 g/mol. The lowest BCUT2D eigenvalue weighted by Crippen LogP contribution is -2.28. The fraction of sp³-hybridized carbons (Fsp3) is 0.200. The first kappa shape index (κ1) is 13.3. The lowest BCUT2D eigenvalue weighted by molar-refractivity contribution is 0.540. The highest BCUT2D eigenvalue weighted by atomic mass is 79.9. The predicted molar refractivity (Wildman–Crippen MR) is 79.2 cm³/mol. The molecule has 0 bridgehead atoms. The van der Waals surface area contributed by atoms with Crippen LogP contribution < -0.4 is 11.1 Å². The van der Waals surface area contributed by atoms with Gasteiger partial charge >= 0.3 is 0 Å². The van der Waals surface area contributed by atoms with Crippen LogP contribution in [0.3, 0.4) is 0 Å². The third kappa shape index (κ3) is 3.42. The first-order valence-electron chi connectivity index (χ1n) is 6.03. The average Bonchev–Trinajstić information content (AvgIpc) is 2.42. The van der Waals surface area contributed by atoms with Crippen molar-refractivity contribution < 1.29 is 0 Å². The standard InChI is InChI=1S/C15H17BrN2/c16-14-9-5-4-8-13(14)15(10-17)18-11-12-6-2-1-3-7-12/h1-9,15,18H,10-11,17H2. The van der Waals surface area contributed by atoms with E-state index in [1.54, 1.807) is 0 Å². The zero-order valence-corrected chi connectivity index (χ0v) is 11.7. The second-order valence-electron chi connectivity index (χ2n) is 4.18. The van der Waals surface area contributed by atoms with Gasteiger partial charge in [0.15, 0.2) is 0 Å². The molecule has 3 N–H and O–H groups in total. The summed E-state index contributed by atoms with van der Waals surface area (Å²) in [5, 5.41) is 3.49. The minimum absolute atomic E-state index is 0.167. The van der Waals surface area contributed by atoms with E-state index in [2.05, 4.69) is 39.4 Å². The van der Waals surface area contributed by atoms with Crippen molar-refractivity contribution in [2.75, 3.05) is 6.54 Å². The van der Waals surface area contributed by atoms with Crippen LogP contribution in [0, 0.1) is 0 Å². The summed E-state index contributed by atoms with van der Waals surface area (Å²) in [5.41, 5.74) is 8.33. The summed E-state index contributed by atoms with van der Waals surface area (Å²) < 4.78 is 1.10. The lowest BCUT2D eigenvalue weighted by Gasteiger charge is -2.18. The van der Waals surface area contributed by atoms with Gasteiger partial charge in [0.25, 0.3) is 0 Å². The van der Waals surface area contributed by atoms with Gasteiger partial charge in [-0.15, -0.1) is 0 Å². The van der Waals surface area contributed by atoms with E-state index in [4.69, 9.17) is 5.73 Å². The fourth-order valence-corrected chi connectivity index (χ4v) is 2.48. The number of benzene rings is 2. The summed E-state index contributed by atoms with van der Waals surface area (Å²) in [7, 11) is 0. The Kier molecular flexibility index (Phi) is 4.93. The van der Waals surface area contributed by atoms with Crippen LogP contribution in [0.15, 0.2) is 59.1 Å². The normalized spacial score (nSPS) is 12.3. The maximum atomic E-state index is 5.85. The summed E-state index contributed by atoms with van der Waals surface area (Å²) in [5.74, 6) is 0. The van der Waals surface area contributed by atoms with Gasteiger partial charge in [-0.25, -0.2) is 0 Å². The fourth-order valence-electron chi connectivity index (χ4n) is 1.91. The SMILES string of the molecule is NCC(NCc1ccccc1)c1ccccc1Br. The van der Waals surface area contributed by atoms with Gasteiger partial charge in [0, 0.05) is 23.6 Å². The van der Waals surface area contributed by atoms with Crippen LogP contribution in [0.1, 0.15) is 17.2 Å². The van der Waals surface area contributed by atoms with Crippen LogP contribution in [0.2, 0.25) is 0 Å². The molecule has 0 saturated carbocycles. The summed E-state index contributed by atoms with van der Waals surface area (Å²) in [6.07, 6.45) is 0. The Hall–Kier alpha value is -1.16. The van der Waals surface area contributed by atoms with Crippen molar-refractivity contribution in [3.05, 3.63) is 70.2 Å². The molecule has 2 aromatic carbocycles. The molecule has 0 heterocycles. The van der Waals surface area contributed by atoms with Gasteiger partial charge in [0.1, 0.15) is 0 Å². The quantitative estimate of drug-likeness (QED) is 0.890. The maximum Gasteiger partial charge on any atom is 0.0458 e. The second kappa shape index (κ2) is 6.69. The number of rotatable bonds is 5. The Morgan fingerprint density at radius 1 is 1.00 bits per heavy atom. The Labute approximate surface area is 116 Å². The van der Waals surface area contributed by atoms with Gasteiger partial charge in [0.2, 0.25) is 0 Å². The molecule has 0 radical (unpaired) electrons. The van der Waals surface area contributed by atoms with E-state index in [0.29, 0.717) is 6.54 Å². The third-order valence-electron chi connectivity index (χ3n) is 2.91. The molecule has 0 amide bonds. The smallest absolute Gasteiger partial charge is 0.0458 e. The number of nitrogens with one attached hydrogen (secondary N) is 1. The summed E-state index contributed by atoms with van der Waals surface area (Å²) in [6, 6.07) is 18.7. The van der Waals surface area contributed by atoms with Crippen LogP contribution in [-0.2, 0) is 6.54 Å². The molecule has 0 aromatic heterocycles. The van der Waals surface area contributed by atoms with E-state index in [-0.39, 0.29) is 6.04 Å². The topological polar surface area (TPSA) is 38.0 Å². The van der Waals surface area contributed by atoms with Crippen LogP contribution >= 0.6 is 15.9 Å². The first-order valence-corrected chi connectivity index (χ1v) is 6.82. The van der Waals surface area contributed by atoms with Gasteiger partial charge in [-0.05, 0) is 17.2 Å². The van der Waals surface area contributed by atoms with Crippen LogP contribution in [-0.4, -0.2) is 6.54 Å². The van der Waals surface area contributed by atoms with Gasteiger partial charge in [-0.3, -0.25) is 0 Å². The Balaban J connectivity index is 2.04. The second-order valence-corrected chi connectivity index (χ2v) is 5.03. The van der Waals surface area contributed by atoms with E-state index < -0.39 is 0 Å².